The number of oxazole rings is 1. The van der Waals surface area contributed by atoms with Gasteiger partial charge in [0.2, 0.25) is 5.89 Å². The van der Waals surface area contributed by atoms with E-state index in [9.17, 15) is 9.59 Å². The lowest BCUT2D eigenvalue weighted by Crippen LogP contribution is -2.48. The van der Waals surface area contributed by atoms with E-state index in [1.807, 2.05) is 63.2 Å². The highest BCUT2D eigenvalue weighted by atomic mass is 16.5. The zero-order chi connectivity index (χ0) is 24.8. The monoisotopic (exact) mass is 477 g/mol. The van der Waals surface area contributed by atoms with E-state index < -0.39 is 0 Å². The van der Waals surface area contributed by atoms with Crippen LogP contribution in [0.3, 0.4) is 0 Å². The number of piperazine rings is 1. The van der Waals surface area contributed by atoms with Crippen molar-refractivity contribution in [3.63, 3.8) is 0 Å². The van der Waals surface area contributed by atoms with Crippen LogP contribution < -0.4 is 14.4 Å². The van der Waals surface area contributed by atoms with E-state index in [-0.39, 0.29) is 17.4 Å². The summed E-state index contributed by atoms with van der Waals surface area (Å²) < 4.78 is 16.9. The van der Waals surface area contributed by atoms with Crippen LogP contribution in [0.15, 0.2) is 53.1 Å². The fourth-order valence-corrected chi connectivity index (χ4v) is 4.08. The Bertz CT molecular complexity index is 1160. The summed E-state index contributed by atoms with van der Waals surface area (Å²) in [5, 5.41) is 0. The fourth-order valence-electron chi connectivity index (χ4n) is 4.08. The number of hydrogen-bond acceptors (Lipinski definition) is 7. The summed E-state index contributed by atoms with van der Waals surface area (Å²) in [5.41, 5.74) is 2.77. The Balaban J connectivity index is 1.40. The number of Topliss-reactive ketones (excluding diaryl/α,β-unsaturated/α-hetero) is 1. The number of rotatable bonds is 9. The third-order valence-electron chi connectivity index (χ3n) is 5.96. The van der Waals surface area contributed by atoms with Gasteiger partial charge in [-0.05, 0) is 56.3 Å². The van der Waals surface area contributed by atoms with E-state index in [1.165, 1.54) is 6.26 Å². The van der Waals surface area contributed by atoms with Crippen molar-refractivity contribution in [3.05, 3.63) is 60.0 Å². The molecule has 1 saturated heterocycles. The molecular weight excluding hydrogens is 446 g/mol. The van der Waals surface area contributed by atoms with Crippen molar-refractivity contribution in [2.75, 3.05) is 44.3 Å². The standard InChI is InChI=1S/C27H31N3O5/c1-4-23(31)19-7-10-21(11-8-19)29-13-15-30(16-14-29)27(32)22-18-35-26(28-22)20-9-12-24(33-5-2)25(17-20)34-6-3/h7-12,17-18H,4-6,13-16H2,1-3H3. The van der Waals surface area contributed by atoms with Gasteiger partial charge in [0.1, 0.15) is 6.26 Å². The summed E-state index contributed by atoms with van der Waals surface area (Å²) >= 11 is 0. The molecule has 4 rings (SSSR count). The van der Waals surface area contributed by atoms with Gasteiger partial charge in [-0.15, -0.1) is 0 Å². The molecule has 1 fully saturated rings. The van der Waals surface area contributed by atoms with E-state index in [1.54, 1.807) is 4.90 Å². The molecule has 2 aromatic carbocycles. The van der Waals surface area contributed by atoms with Crippen LogP contribution in [0.4, 0.5) is 5.69 Å². The predicted molar refractivity (Wildman–Crippen MR) is 133 cm³/mol. The Morgan fingerprint density at radius 1 is 0.914 bits per heavy atom. The zero-order valence-electron chi connectivity index (χ0n) is 20.5. The van der Waals surface area contributed by atoms with Crippen molar-refractivity contribution in [1.29, 1.82) is 0 Å². The minimum Gasteiger partial charge on any atom is -0.490 e. The van der Waals surface area contributed by atoms with Crippen molar-refractivity contribution >= 4 is 17.4 Å². The number of amides is 1. The first kappa shape index (κ1) is 24.3. The molecule has 0 aliphatic carbocycles. The molecule has 0 radical (unpaired) electrons. The van der Waals surface area contributed by atoms with Gasteiger partial charge in [0.25, 0.3) is 5.91 Å². The molecular formula is C27H31N3O5. The quantitative estimate of drug-likeness (QED) is 0.413. The molecule has 184 valence electrons. The summed E-state index contributed by atoms with van der Waals surface area (Å²) in [7, 11) is 0. The molecule has 0 bridgehead atoms. The number of anilines is 1. The van der Waals surface area contributed by atoms with Crippen LogP contribution in [0.2, 0.25) is 0 Å². The Labute approximate surface area is 205 Å². The molecule has 2 heterocycles. The van der Waals surface area contributed by atoms with Gasteiger partial charge in [0.05, 0.1) is 13.2 Å². The van der Waals surface area contributed by atoms with Gasteiger partial charge in [0, 0.05) is 49.4 Å². The number of nitrogens with zero attached hydrogens (tertiary/aromatic N) is 3. The lowest BCUT2D eigenvalue weighted by atomic mass is 10.1. The maximum absolute atomic E-state index is 13.1. The minimum absolute atomic E-state index is 0.137. The molecule has 1 aliphatic heterocycles. The van der Waals surface area contributed by atoms with E-state index in [0.717, 1.165) is 11.3 Å². The Morgan fingerprint density at radius 3 is 2.26 bits per heavy atom. The van der Waals surface area contributed by atoms with Gasteiger partial charge in [-0.1, -0.05) is 6.92 Å². The summed E-state index contributed by atoms with van der Waals surface area (Å²) in [6.07, 6.45) is 1.90. The second kappa shape index (κ2) is 11.1. The normalized spacial score (nSPS) is 13.6. The van der Waals surface area contributed by atoms with Crippen molar-refractivity contribution in [3.8, 4) is 23.0 Å². The first-order chi connectivity index (χ1) is 17.0. The van der Waals surface area contributed by atoms with E-state index in [0.29, 0.717) is 68.8 Å². The van der Waals surface area contributed by atoms with Gasteiger partial charge in [-0.25, -0.2) is 4.98 Å². The van der Waals surface area contributed by atoms with Crippen molar-refractivity contribution in [2.45, 2.75) is 27.2 Å². The predicted octanol–water partition coefficient (Wildman–Crippen LogP) is 4.69. The van der Waals surface area contributed by atoms with Gasteiger partial charge in [-0.2, -0.15) is 0 Å². The topological polar surface area (TPSA) is 85.1 Å². The maximum atomic E-state index is 13.1. The van der Waals surface area contributed by atoms with E-state index >= 15 is 0 Å². The zero-order valence-corrected chi connectivity index (χ0v) is 20.5. The summed E-state index contributed by atoms with van der Waals surface area (Å²) in [5.74, 6) is 1.61. The molecule has 8 nitrogen and oxygen atoms in total. The Morgan fingerprint density at radius 2 is 1.60 bits per heavy atom. The van der Waals surface area contributed by atoms with Crippen molar-refractivity contribution in [1.82, 2.24) is 9.88 Å². The van der Waals surface area contributed by atoms with Crippen LogP contribution >= 0.6 is 0 Å². The second-order valence-electron chi connectivity index (χ2n) is 8.17. The number of ketones is 1. The van der Waals surface area contributed by atoms with Gasteiger partial charge in [-0.3, -0.25) is 9.59 Å². The van der Waals surface area contributed by atoms with Gasteiger partial charge < -0.3 is 23.7 Å². The molecule has 8 heteroatoms. The molecule has 0 unspecified atom stereocenters. The third-order valence-corrected chi connectivity index (χ3v) is 5.96. The Kier molecular flexibility index (Phi) is 7.70. The molecule has 0 saturated carbocycles. The van der Waals surface area contributed by atoms with Crippen molar-refractivity contribution < 1.29 is 23.5 Å². The molecule has 3 aromatic rings. The fraction of sp³-hybridized carbons (Fsp3) is 0.370. The van der Waals surface area contributed by atoms with Crippen LogP contribution in [-0.4, -0.2) is 61.0 Å². The number of ether oxygens (including phenoxy) is 2. The lowest BCUT2D eigenvalue weighted by molar-refractivity contribution is 0.0740. The summed E-state index contributed by atoms with van der Waals surface area (Å²) in [6.45, 7) is 9.29. The highest BCUT2D eigenvalue weighted by Crippen LogP contribution is 2.32. The molecule has 1 aromatic heterocycles. The van der Waals surface area contributed by atoms with Crippen LogP contribution in [0.25, 0.3) is 11.5 Å². The second-order valence-corrected chi connectivity index (χ2v) is 8.17. The van der Waals surface area contributed by atoms with Crippen LogP contribution in [0.5, 0.6) is 11.5 Å². The number of carbonyl (C=O) groups is 2. The Hall–Kier alpha value is -3.81. The largest absolute Gasteiger partial charge is 0.490 e. The molecule has 0 atom stereocenters. The average Bonchev–Trinajstić information content (AvgIpc) is 3.40. The number of hydrogen-bond donors (Lipinski definition) is 0. The molecule has 1 amide bonds. The van der Waals surface area contributed by atoms with E-state index in [4.69, 9.17) is 13.9 Å². The van der Waals surface area contributed by atoms with Crippen LogP contribution in [0.1, 0.15) is 48.0 Å². The number of benzene rings is 2. The third kappa shape index (κ3) is 5.48. The average molecular weight is 478 g/mol. The van der Waals surface area contributed by atoms with Crippen LogP contribution in [-0.2, 0) is 0 Å². The van der Waals surface area contributed by atoms with Crippen molar-refractivity contribution in [2.24, 2.45) is 0 Å². The van der Waals surface area contributed by atoms with Gasteiger partial charge in [0.15, 0.2) is 23.0 Å². The van der Waals surface area contributed by atoms with Crippen LogP contribution in [0, 0.1) is 0 Å². The highest BCUT2D eigenvalue weighted by molar-refractivity contribution is 5.96. The van der Waals surface area contributed by atoms with E-state index in [2.05, 4.69) is 9.88 Å². The number of carbonyl (C=O) groups excluding carboxylic acids is 2. The SMILES string of the molecule is CCOc1ccc(-c2nc(C(=O)N3CCN(c4ccc(C(=O)CC)cc4)CC3)co2)cc1OCC. The summed E-state index contributed by atoms with van der Waals surface area (Å²) in [4.78, 5) is 33.4. The molecule has 0 spiro atoms. The molecule has 0 N–H and O–H groups in total. The first-order valence-electron chi connectivity index (χ1n) is 12.1. The highest BCUT2D eigenvalue weighted by Gasteiger charge is 2.25. The molecule has 35 heavy (non-hydrogen) atoms. The maximum Gasteiger partial charge on any atom is 0.275 e. The first-order valence-corrected chi connectivity index (χ1v) is 12.1. The molecule has 1 aliphatic rings. The number of aromatic nitrogens is 1. The summed E-state index contributed by atoms with van der Waals surface area (Å²) in [6, 6.07) is 13.1. The lowest BCUT2D eigenvalue weighted by Gasteiger charge is -2.35. The van der Waals surface area contributed by atoms with Gasteiger partial charge >= 0.3 is 0 Å². The smallest absolute Gasteiger partial charge is 0.275 e. The minimum atomic E-state index is -0.153.